The average Bonchev–Trinajstić information content (AvgIpc) is 2.57. The van der Waals surface area contributed by atoms with Crippen molar-refractivity contribution in [2.24, 2.45) is 0 Å². The van der Waals surface area contributed by atoms with Gasteiger partial charge in [-0.05, 0) is 29.3 Å². The molecule has 0 aliphatic heterocycles. The van der Waals surface area contributed by atoms with E-state index in [-0.39, 0.29) is 9.79 Å². The summed E-state index contributed by atoms with van der Waals surface area (Å²) in [5.41, 5.74) is 1.34. The summed E-state index contributed by atoms with van der Waals surface area (Å²) in [6.07, 6.45) is 0. The van der Waals surface area contributed by atoms with Crippen LogP contribution in [0.3, 0.4) is 0 Å². The molecular formula is C16H20N2O6S2. The Balaban J connectivity index is 1.75. The highest BCUT2D eigenvalue weighted by Gasteiger charge is 2.13. The van der Waals surface area contributed by atoms with Crippen LogP contribution in [0, 0.1) is 0 Å². The summed E-state index contributed by atoms with van der Waals surface area (Å²) in [4.78, 5) is -0.264. The van der Waals surface area contributed by atoms with Gasteiger partial charge in [-0.1, -0.05) is 30.3 Å². The standard InChI is InChI=1S/C16H20N2O6S2/c19-25(20,21)15-7-5-13(6-8-15)11-17-9-10-18-12-14-3-1-2-4-16(14)26(22,23)24/h1-8,17-18H,9-12H2,(H,19,20,21)(H,22,23,24). The van der Waals surface area contributed by atoms with Crippen LogP contribution in [0.25, 0.3) is 0 Å². The lowest BCUT2D eigenvalue weighted by Crippen LogP contribution is -2.27. The van der Waals surface area contributed by atoms with E-state index >= 15 is 0 Å². The van der Waals surface area contributed by atoms with E-state index in [0.29, 0.717) is 31.7 Å². The van der Waals surface area contributed by atoms with E-state index in [1.807, 2.05) is 0 Å². The van der Waals surface area contributed by atoms with Gasteiger partial charge < -0.3 is 10.6 Å². The molecule has 0 saturated carbocycles. The molecule has 0 aliphatic rings. The quantitative estimate of drug-likeness (QED) is 0.363. The Morgan fingerprint density at radius 3 is 1.88 bits per heavy atom. The molecule has 142 valence electrons. The highest BCUT2D eigenvalue weighted by atomic mass is 32.2. The van der Waals surface area contributed by atoms with Crippen molar-refractivity contribution in [3.63, 3.8) is 0 Å². The first kappa shape index (κ1) is 20.5. The molecule has 4 N–H and O–H groups in total. The molecule has 0 spiro atoms. The van der Waals surface area contributed by atoms with Crippen molar-refractivity contribution in [2.75, 3.05) is 13.1 Å². The van der Waals surface area contributed by atoms with Gasteiger partial charge in [0, 0.05) is 26.2 Å². The lowest BCUT2D eigenvalue weighted by atomic mass is 10.2. The van der Waals surface area contributed by atoms with Gasteiger partial charge in [-0.3, -0.25) is 9.11 Å². The molecule has 0 atom stereocenters. The van der Waals surface area contributed by atoms with Crippen molar-refractivity contribution < 1.29 is 25.9 Å². The molecule has 2 aromatic carbocycles. The van der Waals surface area contributed by atoms with E-state index in [4.69, 9.17) is 4.55 Å². The highest BCUT2D eigenvalue weighted by molar-refractivity contribution is 7.86. The van der Waals surface area contributed by atoms with Gasteiger partial charge in [-0.15, -0.1) is 0 Å². The van der Waals surface area contributed by atoms with Crippen molar-refractivity contribution in [1.82, 2.24) is 10.6 Å². The van der Waals surface area contributed by atoms with Crippen LogP contribution in [0.1, 0.15) is 11.1 Å². The van der Waals surface area contributed by atoms with Gasteiger partial charge in [-0.25, -0.2) is 0 Å². The van der Waals surface area contributed by atoms with Crippen LogP contribution in [0.5, 0.6) is 0 Å². The zero-order chi connectivity index (χ0) is 19.2. The summed E-state index contributed by atoms with van der Waals surface area (Å²) in [6.45, 7) is 1.95. The molecule has 0 bridgehead atoms. The molecule has 0 fully saturated rings. The number of rotatable bonds is 9. The maximum absolute atomic E-state index is 11.3. The van der Waals surface area contributed by atoms with Crippen LogP contribution in [0.15, 0.2) is 58.3 Å². The van der Waals surface area contributed by atoms with Crippen molar-refractivity contribution in [3.8, 4) is 0 Å². The Kier molecular flexibility index (Phi) is 6.87. The first-order valence-corrected chi connectivity index (χ1v) is 10.6. The Bertz CT molecular complexity index is 941. The Morgan fingerprint density at radius 2 is 1.31 bits per heavy atom. The zero-order valence-corrected chi connectivity index (χ0v) is 15.4. The van der Waals surface area contributed by atoms with E-state index in [2.05, 4.69) is 10.6 Å². The van der Waals surface area contributed by atoms with Gasteiger partial charge in [0.15, 0.2) is 0 Å². The first-order chi connectivity index (χ1) is 12.2. The van der Waals surface area contributed by atoms with Crippen LogP contribution in [0.4, 0.5) is 0 Å². The van der Waals surface area contributed by atoms with Gasteiger partial charge in [0.1, 0.15) is 0 Å². The number of benzene rings is 2. The molecule has 0 radical (unpaired) electrons. The summed E-state index contributed by atoms with van der Waals surface area (Å²) in [7, 11) is -8.43. The monoisotopic (exact) mass is 400 g/mol. The molecule has 0 unspecified atom stereocenters. The molecule has 2 rings (SSSR count). The topological polar surface area (TPSA) is 133 Å². The van der Waals surface area contributed by atoms with Gasteiger partial charge in [0.25, 0.3) is 20.2 Å². The van der Waals surface area contributed by atoms with Gasteiger partial charge in [0.05, 0.1) is 9.79 Å². The third-order valence-electron chi connectivity index (χ3n) is 3.59. The summed E-state index contributed by atoms with van der Waals surface area (Å²) < 4.78 is 62.6. The normalized spacial score (nSPS) is 12.2. The molecule has 0 heterocycles. The second-order valence-electron chi connectivity index (χ2n) is 5.56. The fourth-order valence-electron chi connectivity index (χ4n) is 2.31. The second kappa shape index (κ2) is 8.71. The predicted octanol–water partition coefficient (Wildman–Crippen LogP) is 1.06. The van der Waals surface area contributed by atoms with E-state index in [1.54, 1.807) is 30.3 Å². The van der Waals surface area contributed by atoms with Crippen LogP contribution in [0.2, 0.25) is 0 Å². The first-order valence-electron chi connectivity index (χ1n) is 7.71. The largest absolute Gasteiger partial charge is 0.311 e. The van der Waals surface area contributed by atoms with Gasteiger partial charge >= 0.3 is 0 Å². The zero-order valence-electron chi connectivity index (χ0n) is 13.8. The molecule has 10 heteroatoms. The SMILES string of the molecule is O=S(=O)(O)c1ccc(CNCCNCc2ccccc2S(=O)(=O)O)cc1. The molecule has 0 aromatic heterocycles. The molecule has 0 saturated heterocycles. The Labute approximate surface area is 152 Å². The third kappa shape index (κ3) is 6.16. The predicted molar refractivity (Wildman–Crippen MR) is 95.9 cm³/mol. The van der Waals surface area contributed by atoms with Crippen LogP contribution < -0.4 is 10.6 Å². The Morgan fingerprint density at radius 1 is 0.731 bits per heavy atom. The van der Waals surface area contributed by atoms with E-state index in [1.165, 1.54) is 18.2 Å². The number of nitrogens with one attached hydrogen (secondary N) is 2. The summed E-state index contributed by atoms with van der Waals surface area (Å²) >= 11 is 0. The minimum absolute atomic E-state index is 0.112. The third-order valence-corrected chi connectivity index (χ3v) is 5.42. The van der Waals surface area contributed by atoms with Crippen LogP contribution in [-0.4, -0.2) is 39.0 Å². The summed E-state index contributed by atoms with van der Waals surface area (Å²) in [6, 6.07) is 12.1. The van der Waals surface area contributed by atoms with Crippen LogP contribution >= 0.6 is 0 Å². The number of hydrogen-bond acceptors (Lipinski definition) is 6. The maximum atomic E-state index is 11.3. The highest BCUT2D eigenvalue weighted by Crippen LogP contribution is 2.14. The smallest absolute Gasteiger partial charge is 0.294 e. The van der Waals surface area contributed by atoms with Crippen LogP contribution in [-0.2, 0) is 33.3 Å². The fourth-order valence-corrected chi connectivity index (χ4v) is 3.52. The lowest BCUT2D eigenvalue weighted by molar-refractivity contribution is 0.479. The minimum atomic E-state index is -4.25. The van der Waals surface area contributed by atoms with E-state index < -0.39 is 20.2 Å². The van der Waals surface area contributed by atoms with E-state index in [9.17, 15) is 21.4 Å². The van der Waals surface area contributed by atoms with Crippen molar-refractivity contribution in [1.29, 1.82) is 0 Å². The molecule has 0 amide bonds. The average molecular weight is 400 g/mol. The molecule has 2 aromatic rings. The van der Waals surface area contributed by atoms with Gasteiger partial charge in [0.2, 0.25) is 0 Å². The van der Waals surface area contributed by atoms with Crippen molar-refractivity contribution in [2.45, 2.75) is 22.9 Å². The molecule has 8 nitrogen and oxygen atoms in total. The molecule has 26 heavy (non-hydrogen) atoms. The fraction of sp³-hybridized carbons (Fsp3) is 0.250. The molecular weight excluding hydrogens is 380 g/mol. The Hall–Kier alpha value is -1.82. The molecule has 0 aliphatic carbocycles. The van der Waals surface area contributed by atoms with Gasteiger partial charge in [-0.2, -0.15) is 16.8 Å². The second-order valence-corrected chi connectivity index (χ2v) is 8.37. The van der Waals surface area contributed by atoms with E-state index in [0.717, 1.165) is 5.56 Å². The number of hydrogen-bond donors (Lipinski definition) is 4. The van der Waals surface area contributed by atoms with Crippen molar-refractivity contribution >= 4 is 20.2 Å². The van der Waals surface area contributed by atoms with Crippen molar-refractivity contribution in [3.05, 3.63) is 59.7 Å². The lowest BCUT2D eigenvalue weighted by Gasteiger charge is -2.09. The minimum Gasteiger partial charge on any atom is -0.311 e. The summed E-state index contributed by atoms with van der Waals surface area (Å²) in [5, 5.41) is 6.23. The summed E-state index contributed by atoms with van der Waals surface area (Å²) in [5.74, 6) is 0. The maximum Gasteiger partial charge on any atom is 0.294 e.